The highest BCUT2D eigenvalue weighted by Gasteiger charge is 2.19. The molecule has 0 aliphatic rings. The third kappa shape index (κ3) is 3.26. The van der Waals surface area contributed by atoms with Crippen molar-refractivity contribution in [2.24, 2.45) is 5.92 Å². The zero-order valence-electron chi connectivity index (χ0n) is 9.22. The number of hydrogen-bond donors (Lipinski definition) is 1. The molecule has 0 amide bonds. The minimum absolute atomic E-state index is 0.303. The molecule has 0 saturated carbocycles. The lowest BCUT2D eigenvalue weighted by Gasteiger charge is -2.22. The summed E-state index contributed by atoms with van der Waals surface area (Å²) >= 11 is 6.96. The van der Waals surface area contributed by atoms with Crippen molar-refractivity contribution in [2.45, 2.75) is 26.3 Å². The van der Waals surface area contributed by atoms with Crippen LogP contribution in [0, 0.1) is 5.92 Å². The van der Waals surface area contributed by atoms with Crippen LogP contribution in [-0.4, -0.2) is 12.0 Å². The third-order valence-corrected chi connectivity index (χ3v) is 3.72. The highest BCUT2D eigenvalue weighted by molar-refractivity contribution is 9.11. The second kappa shape index (κ2) is 5.97. The molecule has 1 rings (SSSR count). The van der Waals surface area contributed by atoms with Crippen LogP contribution in [0.25, 0.3) is 0 Å². The summed E-state index contributed by atoms with van der Waals surface area (Å²) in [5, 5.41) is 3.32. The van der Waals surface area contributed by atoms with Crippen molar-refractivity contribution in [3.05, 3.63) is 26.9 Å². The first kappa shape index (κ1) is 13.1. The van der Waals surface area contributed by atoms with Crippen molar-refractivity contribution in [1.82, 2.24) is 10.3 Å². The van der Waals surface area contributed by atoms with Gasteiger partial charge in [0.25, 0.3) is 0 Å². The van der Waals surface area contributed by atoms with Gasteiger partial charge in [-0.2, -0.15) is 0 Å². The second-order valence-electron chi connectivity index (χ2n) is 3.67. The molecule has 0 fully saturated rings. The fourth-order valence-electron chi connectivity index (χ4n) is 1.58. The third-order valence-electron chi connectivity index (χ3n) is 2.65. The minimum atomic E-state index is 0.303. The van der Waals surface area contributed by atoms with E-state index in [9.17, 15) is 0 Å². The quantitative estimate of drug-likeness (QED) is 0.902. The van der Waals surface area contributed by atoms with Crippen LogP contribution in [0.15, 0.2) is 21.2 Å². The number of nitrogens with zero attached hydrogens (tertiary/aromatic N) is 1. The Balaban J connectivity index is 3.01. The highest BCUT2D eigenvalue weighted by atomic mass is 79.9. The molecule has 1 aromatic heterocycles. The fraction of sp³-hybridized carbons (Fsp3) is 0.545. The SMILES string of the molecule is CCC(C)C(NC)c1ncc(Br)cc1Br. The van der Waals surface area contributed by atoms with E-state index in [0.717, 1.165) is 21.1 Å². The summed E-state index contributed by atoms with van der Waals surface area (Å²) in [6.45, 7) is 4.43. The Morgan fingerprint density at radius 1 is 1.47 bits per heavy atom. The molecule has 2 atom stereocenters. The van der Waals surface area contributed by atoms with Gasteiger partial charge in [0.1, 0.15) is 0 Å². The average molecular weight is 336 g/mol. The van der Waals surface area contributed by atoms with Crippen molar-refractivity contribution < 1.29 is 0 Å². The first-order valence-electron chi connectivity index (χ1n) is 5.08. The van der Waals surface area contributed by atoms with Crippen LogP contribution >= 0.6 is 31.9 Å². The molecule has 0 radical (unpaired) electrons. The number of halogens is 2. The van der Waals surface area contributed by atoms with Crippen molar-refractivity contribution in [1.29, 1.82) is 0 Å². The van der Waals surface area contributed by atoms with Gasteiger partial charge in [0, 0.05) is 15.1 Å². The Bertz CT molecular complexity index is 328. The van der Waals surface area contributed by atoms with Gasteiger partial charge >= 0.3 is 0 Å². The highest BCUT2D eigenvalue weighted by Crippen LogP contribution is 2.29. The molecule has 4 heteroatoms. The topological polar surface area (TPSA) is 24.9 Å². The van der Waals surface area contributed by atoms with E-state index in [2.05, 4.69) is 56.0 Å². The Morgan fingerprint density at radius 2 is 2.13 bits per heavy atom. The number of pyridine rings is 1. The van der Waals surface area contributed by atoms with E-state index in [0.29, 0.717) is 12.0 Å². The smallest absolute Gasteiger partial charge is 0.0718 e. The number of nitrogens with one attached hydrogen (secondary N) is 1. The predicted molar refractivity (Wildman–Crippen MR) is 70.9 cm³/mol. The predicted octanol–water partition coefficient (Wildman–Crippen LogP) is 3.91. The van der Waals surface area contributed by atoms with Crippen LogP contribution in [0.3, 0.4) is 0 Å². The monoisotopic (exact) mass is 334 g/mol. The lowest BCUT2D eigenvalue weighted by molar-refractivity contribution is 0.391. The summed E-state index contributed by atoms with van der Waals surface area (Å²) in [7, 11) is 1.98. The maximum Gasteiger partial charge on any atom is 0.0718 e. The van der Waals surface area contributed by atoms with E-state index in [4.69, 9.17) is 0 Å². The molecule has 2 unspecified atom stereocenters. The molecule has 2 nitrogen and oxygen atoms in total. The van der Waals surface area contributed by atoms with Crippen molar-refractivity contribution in [2.75, 3.05) is 7.05 Å². The molecule has 0 aliphatic heterocycles. The first-order valence-corrected chi connectivity index (χ1v) is 6.67. The zero-order valence-corrected chi connectivity index (χ0v) is 12.4. The van der Waals surface area contributed by atoms with E-state index in [1.165, 1.54) is 0 Å². The molecule has 0 saturated heterocycles. The largest absolute Gasteiger partial charge is 0.311 e. The van der Waals surface area contributed by atoms with E-state index in [1.807, 2.05) is 19.3 Å². The summed E-state index contributed by atoms with van der Waals surface area (Å²) in [4.78, 5) is 4.46. The lowest BCUT2D eigenvalue weighted by atomic mass is 9.96. The van der Waals surface area contributed by atoms with Gasteiger partial charge in [-0.25, -0.2) is 0 Å². The second-order valence-corrected chi connectivity index (χ2v) is 5.44. The maximum atomic E-state index is 4.46. The van der Waals surface area contributed by atoms with Crippen LogP contribution < -0.4 is 5.32 Å². The molecule has 15 heavy (non-hydrogen) atoms. The summed E-state index contributed by atoms with van der Waals surface area (Å²) in [5.41, 5.74) is 1.08. The first-order chi connectivity index (χ1) is 7.10. The Labute approximate surface area is 108 Å². The molecule has 1 aromatic rings. The molecule has 1 N–H and O–H groups in total. The van der Waals surface area contributed by atoms with Crippen LogP contribution in [0.5, 0.6) is 0 Å². The van der Waals surface area contributed by atoms with E-state index < -0.39 is 0 Å². The molecule has 0 aliphatic carbocycles. The number of rotatable bonds is 4. The normalized spacial score (nSPS) is 15.0. The fourth-order valence-corrected chi connectivity index (χ4v) is 2.81. The maximum absolute atomic E-state index is 4.46. The standard InChI is InChI=1S/C11H16Br2N2/c1-4-7(2)10(14-3)11-9(13)5-8(12)6-15-11/h5-7,10,14H,4H2,1-3H3. The van der Waals surface area contributed by atoms with Gasteiger partial charge in [0.05, 0.1) is 11.7 Å². The molecular weight excluding hydrogens is 320 g/mol. The van der Waals surface area contributed by atoms with Gasteiger partial charge in [-0.15, -0.1) is 0 Å². The van der Waals surface area contributed by atoms with Gasteiger partial charge in [0.2, 0.25) is 0 Å². The van der Waals surface area contributed by atoms with Gasteiger partial charge < -0.3 is 5.32 Å². The van der Waals surface area contributed by atoms with Crippen molar-refractivity contribution in [3.63, 3.8) is 0 Å². The van der Waals surface area contributed by atoms with Gasteiger partial charge in [-0.05, 0) is 50.9 Å². The van der Waals surface area contributed by atoms with Crippen LogP contribution in [0.4, 0.5) is 0 Å². The summed E-state index contributed by atoms with van der Waals surface area (Å²) in [6, 6.07) is 2.34. The van der Waals surface area contributed by atoms with E-state index in [-0.39, 0.29) is 0 Å². The van der Waals surface area contributed by atoms with Crippen LogP contribution in [0.1, 0.15) is 32.0 Å². The molecule has 1 heterocycles. The summed E-state index contributed by atoms with van der Waals surface area (Å²) in [6.07, 6.45) is 2.97. The van der Waals surface area contributed by atoms with E-state index in [1.54, 1.807) is 0 Å². The lowest BCUT2D eigenvalue weighted by Crippen LogP contribution is -2.24. The van der Waals surface area contributed by atoms with Crippen LogP contribution in [-0.2, 0) is 0 Å². The average Bonchev–Trinajstić information content (AvgIpc) is 2.21. The van der Waals surface area contributed by atoms with E-state index >= 15 is 0 Å². The summed E-state index contributed by atoms with van der Waals surface area (Å²) < 4.78 is 2.05. The Kier molecular flexibility index (Phi) is 5.23. The molecule has 0 spiro atoms. The molecule has 0 aromatic carbocycles. The van der Waals surface area contributed by atoms with Gasteiger partial charge in [-0.3, -0.25) is 4.98 Å². The van der Waals surface area contributed by atoms with Crippen LogP contribution in [0.2, 0.25) is 0 Å². The Morgan fingerprint density at radius 3 is 2.60 bits per heavy atom. The molecule has 0 bridgehead atoms. The minimum Gasteiger partial charge on any atom is -0.311 e. The summed E-state index contributed by atoms with van der Waals surface area (Å²) in [5.74, 6) is 0.569. The number of aromatic nitrogens is 1. The van der Waals surface area contributed by atoms with Crippen molar-refractivity contribution >= 4 is 31.9 Å². The van der Waals surface area contributed by atoms with Gasteiger partial charge in [0.15, 0.2) is 0 Å². The zero-order chi connectivity index (χ0) is 11.4. The number of hydrogen-bond acceptors (Lipinski definition) is 2. The van der Waals surface area contributed by atoms with Gasteiger partial charge in [-0.1, -0.05) is 20.3 Å². The Hall–Kier alpha value is 0.0700. The van der Waals surface area contributed by atoms with Crippen molar-refractivity contribution in [3.8, 4) is 0 Å². The molecular formula is C11H16Br2N2. The molecule has 84 valence electrons.